The Labute approximate surface area is 161 Å². The molecular weight excluding hydrogens is 396 g/mol. The molecule has 0 radical (unpaired) electrons. The summed E-state index contributed by atoms with van der Waals surface area (Å²) in [7, 11) is 0. The molecule has 0 spiro atoms. The van der Waals surface area contributed by atoms with Crippen molar-refractivity contribution in [3.05, 3.63) is 40.1 Å². The number of carbonyl (C=O) groups excluding carboxylic acids is 1. The van der Waals surface area contributed by atoms with Gasteiger partial charge in [0.15, 0.2) is 5.69 Å². The maximum absolute atomic E-state index is 12.8. The number of H-pyrrole nitrogens is 1. The summed E-state index contributed by atoms with van der Waals surface area (Å²) in [6.45, 7) is 5.75. The minimum Gasteiger partial charge on any atom is -0.372 e. The number of amides is 1. The van der Waals surface area contributed by atoms with Crippen molar-refractivity contribution >= 4 is 33.2 Å². The second kappa shape index (κ2) is 7.04. The summed E-state index contributed by atoms with van der Waals surface area (Å²) >= 11 is 3.54. The van der Waals surface area contributed by atoms with Crippen LogP contribution >= 0.6 is 15.9 Å². The predicted molar refractivity (Wildman–Crippen MR) is 105 cm³/mol. The molecule has 1 aliphatic carbocycles. The van der Waals surface area contributed by atoms with Crippen LogP contribution in [0.3, 0.4) is 0 Å². The Hall–Kier alpha value is -1.86. The number of morpholine rings is 1. The lowest BCUT2D eigenvalue weighted by atomic mass is 10.1. The van der Waals surface area contributed by atoms with E-state index in [-0.39, 0.29) is 18.1 Å². The topological polar surface area (TPSA) is 70.2 Å². The van der Waals surface area contributed by atoms with Crippen molar-refractivity contribution in [2.24, 2.45) is 0 Å². The lowest BCUT2D eigenvalue weighted by Crippen LogP contribution is -2.45. The molecule has 1 aliphatic heterocycles. The monoisotopic (exact) mass is 418 g/mol. The number of nitrogens with one attached hydrogen (secondary N) is 2. The maximum Gasteiger partial charge on any atom is 0.277 e. The van der Waals surface area contributed by atoms with Gasteiger partial charge in [0.05, 0.1) is 33.7 Å². The van der Waals surface area contributed by atoms with Gasteiger partial charge in [0.2, 0.25) is 0 Å². The van der Waals surface area contributed by atoms with Crippen LogP contribution in [0.4, 0.5) is 11.4 Å². The van der Waals surface area contributed by atoms with Crippen LogP contribution in [-0.2, 0) is 4.74 Å². The molecule has 26 heavy (non-hydrogen) atoms. The molecular formula is C19H23BrN4O2. The van der Waals surface area contributed by atoms with E-state index in [1.807, 2.05) is 24.3 Å². The van der Waals surface area contributed by atoms with Gasteiger partial charge in [-0.1, -0.05) is 12.1 Å². The molecule has 1 aromatic carbocycles. The van der Waals surface area contributed by atoms with Crippen molar-refractivity contribution < 1.29 is 9.53 Å². The zero-order valence-electron chi connectivity index (χ0n) is 15.0. The zero-order valence-corrected chi connectivity index (χ0v) is 16.5. The Bertz CT molecular complexity index is 808. The van der Waals surface area contributed by atoms with Crippen LogP contribution in [-0.4, -0.2) is 41.4 Å². The van der Waals surface area contributed by atoms with Gasteiger partial charge in [-0.05, 0) is 54.8 Å². The lowest BCUT2D eigenvalue weighted by molar-refractivity contribution is -0.00517. The minimum absolute atomic E-state index is 0.157. The van der Waals surface area contributed by atoms with Gasteiger partial charge in [-0.3, -0.25) is 9.89 Å². The van der Waals surface area contributed by atoms with E-state index in [1.54, 1.807) is 0 Å². The van der Waals surface area contributed by atoms with Gasteiger partial charge in [0.1, 0.15) is 0 Å². The first-order valence-electron chi connectivity index (χ1n) is 9.07. The van der Waals surface area contributed by atoms with Gasteiger partial charge in [0, 0.05) is 19.0 Å². The van der Waals surface area contributed by atoms with Gasteiger partial charge in [-0.2, -0.15) is 5.10 Å². The number of nitrogens with zero attached hydrogens (tertiary/aromatic N) is 2. The van der Waals surface area contributed by atoms with E-state index in [2.05, 4.69) is 50.2 Å². The number of rotatable bonds is 4. The van der Waals surface area contributed by atoms with Crippen LogP contribution in [0.25, 0.3) is 0 Å². The average molecular weight is 419 g/mol. The quantitative estimate of drug-likeness (QED) is 0.789. The number of para-hydroxylation sites is 2. The number of hydrogen-bond donors (Lipinski definition) is 2. The summed E-state index contributed by atoms with van der Waals surface area (Å²) in [5.41, 5.74) is 3.24. The van der Waals surface area contributed by atoms with Gasteiger partial charge in [0.25, 0.3) is 5.91 Å². The average Bonchev–Trinajstić information content (AvgIpc) is 3.36. The first kappa shape index (κ1) is 17.5. The number of aromatic amines is 1. The molecule has 138 valence electrons. The third kappa shape index (κ3) is 3.50. The highest BCUT2D eigenvalue weighted by Gasteiger charge is 2.31. The standard InChI is InChI=1S/C19H23BrN4O2/c1-11-9-24(10-12(2)26-11)15-6-4-3-5-14(15)21-19(25)18-16(20)17(22-23-18)13-7-8-13/h3-6,11-13H,7-10H2,1-2H3,(H,21,25)(H,22,23)/t11-,12+. The van der Waals surface area contributed by atoms with Gasteiger partial charge < -0.3 is 15.0 Å². The fraction of sp³-hybridized carbons (Fsp3) is 0.474. The van der Waals surface area contributed by atoms with Crippen LogP contribution in [0.5, 0.6) is 0 Å². The van der Waals surface area contributed by atoms with E-state index < -0.39 is 0 Å². The summed E-state index contributed by atoms with van der Waals surface area (Å²) in [4.78, 5) is 15.1. The molecule has 2 aliphatic rings. The van der Waals surface area contributed by atoms with E-state index in [0.29, 0.717) is 11.6 Å². The highest BCUT2D eigenvalue weighted by molar-refractivity contribution is 9.10. The molecule has 2 aromatic rings. The van der Waals surface area contributed by atoms with Crippen molar-refractivity contribution in [3.8, 4) is 0 Å². The second-order valence-electron chi connectivity index (χ2n) is 7.21. The van der Waals surface area contributed by atoms with Crippen molar-refractivity contribution in [2.75, 3.05) is 23.3 Å². The number of ether oxygens (including phenoxy) is 1. The van der Waals surface area contributed by atoms with E-state index in [1.165, 1.54) is 0 Å². The van der Waals surface area contributed by atoms with Crippen LogP contribution in [0.1, 0.15) is 48.8 Å². The Balaban J connectivity index is 1.56. The molecule has 2 fully saturated rings. The Kier molecular flexibility index (Phi) is 4.75. The van der Waals surface area contributed by atoms with E-state index >= 15 is 0 Å². The minimum atomic E-state index is -0.207. The molecule has 0 bridgehead atoms. The van der Waals surface area contributed by atoms with E-state index in [9.17, 15) is 4.79 Å². The molecule has 1 aromatic heterocycles. The molecule has 4 rings (SSSR count). The van der Waals surface area contributed by atoms with Crippen molar-refractivity contribution in [2.45, 2.75) is 44.8 Å². The van der Waals surface area contributed by atoms with Crippen LogP contribution in [0.15, 0.2) is 28.7 Å². The van der Waals surface area contributed by atoms with Crippen LogP contribution in [0.2, 0.25) is 0 Å². The summed E-state index contributed by atoms with van der Waals surface area (Å²) < 4.78 is 6.61. The smallest absolute Gasteiger partial charge is 0.277 e. The van der Waals surface area contributed by atoms with Gasteiger partial charge in [-0.25, -0.2) is 0 Å². The molecule has 1 amide bonds. The van der Waals surface area contributed by atoms with E-state index in [0.717, 1.165) is 47.5 Å². The van der Waals surface area contributed by atoms with Crippen LogP contribution in [0, 0.1) is 0 Å². The summed E-state index contributed by atoms with van der Waals surface area (Å²) in [5.74, 6) is 0.295. The molecule has 6 nitrogen and oxygen atoms in total. The molecule has 0 unspecified atom stereocenters. The highest BCUT2D eigenvalue weighted by Crippen LogP contribution is 2.43. The summed E-state index contributed by atoms with van der Waals surface area (Å²) in [6.07, 6.45) is 2.61. The first-order chi connectivity index (χ1) is 12.5. The van der Waals surface area contributed by atoms with Crippen molar-refractivity contribution in [3.63, 3.8) is 0 Å². The molecule has 7 heteroatoms. The predicted octanol–water partition coefficient (Wildman–Crippen LogP) is 3.92. The summed E-state index contributed by atoms with van der Waals surface area (Å²) in [6, 6.07) is 7.89. The fourth-order valence-corrected chi connectivity index (χ4v) is 4.23. The number of hydrogen-bond acceptors (Lipinski definition) is 4. The number of carbonyl (C=O) groups is 1. The highest BCUT2D eigenvalue weighted by atomic mass is 79.9. The third-order valence-electron chi connectivity index (χ3n) is 4.85. The third-order valence-corrected chi connectivity index (χ3v) is 5.65. The molecule has 2 N–H and O–H groups in total. The van der Waals surface area contributed by atoms with E-state index in [4.69, 9.17) is 4.74 Å². The molecule has 2 atom stereocenters. The van der Waals surface area contributed by atoms with Crippen LogP contribution < -0.4 is 10.2 Å². The van der Waals surface area contributed by atoms with Crippen molar-refractivity contribution in [1.29, 1.82) is 0 Å². The number of anilines is 2. The summed E-state index contributed by atoms with van der Waals surface area (Å²) in [5, 5.41) is 10.3. The molecule has 2 heterocycles. The second-order valence-corrected chi connectivity index (χ2v) is 8.00. The Morgan fingerprint density at radius 1 is 1.27 bits per heavy atom. The normalized spacial score (nSPS) is 23.1. The first-order valence-corrected chi connectivity index (χ1v) is 9.86. The van der Waals surface area contributed by atoms with Gasteiger partial charge >= 0.3 is 0 Å². The van der Waals surface area contributed by atoms with Crippen molar-refractivity contribution in [1.82, 2.24) is 10.2 Å². The molecule has 1 saturated carbocycles. The molecule has 1 saturated heterocycles. The SMILES string of the molecule is C[C@@H]1CN(c2ccccc2NC(=O)c2n[nH]c(C3CC3)c2Br)C[C@H](C)O1. The lowest BCUT2D eigenvalue weighted by Gasteiger charge is -2.37. The Morgan fingerprint density at radius 3 is 2.65 bits per heavy atom. The maximum atomic E-state index is 12.8. The number of aromatic nitrogens is 2. The number of benzene rings is 1. The largest absolute Gasteiger partial charge is 0.372 e. The Morgan fingerprint density at radius 2 is 1.96 bits per heavy atom. The zero-order chi connectivity index (χ0) is 18.3. The fourth-order valence-electron chi connectivity index (χ4n) is 3.55. The van der Waals surface area contributed by atoms with Gasteiger partial charge in [-0.15, -0.1) is 0 Å². The number of halogens is 1.